The van der Waals surface area contributed by atoms with Crippen molar-refractivity contribution in [1.82, 2.24) is 19.2 Å². The summed E-state index contributed by atoms with van der Waals surface area (Å²) in [6.45, 7) is 12.9. The summed E-state index contributed by atoms with van der Waals surface area (Å²) < 4.78 is 17.1. The molecule has 2 fully saturated rings. The second-order valence-electron chi connectivity index (χ2n) is 8.97. The van der Waals surface area contributed by atoms with E-state index in [9.17, 15) is 0 Å². The molecule has 3 aliphatic rings. The molecule has 1 aromatic carbocycles. The van der Waals surface area contributed by atoms with E-state index in [0.29, 0.717) is 19.1 Å². The first-order chi connectivity index (χ1) is 16.2. The quantitative estimate of drug-likeness (QED) is 0.557. The number of ether oxygens (including phenoxy) is 2. The highest BCUT2D eigenvalue weighted by Gasteiger charge is 2.25. The lowest BCUT2D eigenvalue weighted by molar-refractivity contribution is -0.0813. The largest absolute Gasteiger partial charge is 0.469 e. The molecule has 8 heteroatoms. The molecular weight excluding hydrogens is 434 g/mol. The van der Waals surface area contributed by atoms with E-state index >= 15 is 0 Å². The first-order valence-corrected chi connectivity index (χ1v) is 12.5. The van der Waals surface area contributed by atoms with Gasteiger partial charge in [0.1, 0.15) is 11.9 Å². The molecule has 0 aliphatic carbocycles. The minimum Gasteiger partial charge on any atom is -0.469 e. The molecule has 3 aliphatic heterocycles. The molecule has 0 saturated carbocycles. The maximum Gasteiger partial charge on any atom is 0.213 e. The molecule has 6 rings (SSSR count). The van der Waals surface area contributed by atoms with E-state index in [-0.39, 0.29) is 6.10 Å². The third kappa shape index (κ3) is 4.18. The zero-order chi connectivity index (χ0) is 22.2. The summed E-state index contributed by atoms with van der Waals surface area (Å²) >= 11 is 1.60. The van der Waals surface area contributed by atoms with E-state index in [2.05, 4.69) is 56.6 Å². The van der Waals surface area contributed by atoms with Crippen molar-refractivity contribution >= 4 is 33.1 Å². The van der Waals surface area contributed by atoms with Crippen molar-refractivity contribution in [3.8, 4) is 5.88 Å². The third-order valence-corrected chi connectivity index (χ3v) is 7.74. The Morgan fingerprint density at radius 2 is 1.94 bits per heavy atom. The number of hydrogen-bond donors (Lipinski definition) is 0. The molecule has 2 aromatic heterocycles. The van der Waals surface area contributed by atoms with Gasteiger partial charge in [-0.1, -0.05) is 18.7 Å². The molecule has 33 heavy (non-hydrogen) atoms. The van der Waals surface area contributed by atoms with Crippen LogP contribution in [0.4, 0.5) is 5.82 Å². The number of anilines is 1. The first-order valence-electron chi connectivity index (χ1n) is 11.7. The van der Waals surface area contributed by atoms with E-state index in [4.69, 9.17) is 13.8 Å². The van der Waals surface area contributed by atoms with Gasteiger partial charge in [-0.3, -0.25) is 4.90 Å². The highest BCUT2D eigenvalue weighted by atomic mass is 32.1. The average Bonchev–Trinajstić information content (AvgIpc) is 3.26. The molecule has 0 spiro atoms. The topological polar surface area (TPSA) is 54.0 Å². The first kappa shape index (κ1) is 20.9. The van der Waals surface area contributed by atoms with Crippen molar-refractivity contribution in [1.29, 1.82) is 0 Å². The van der Waals surface area contributed by atoms with Crippen LogP contribution >= 0.6 is 11.5 Å². The number of piperazine rings is 1. The standard InChI is InChI=1S/C25H29N5O2S/c1-18-22-15-26-24(32-20-16-31-17-20)14-19(22)6-7-29(18)11-8-28-9-12-30(13-10-28)25-21-4-2-3-5-23(21)33-27-25/h2-5,14-15,20H,1,6-13,16-17H2. The normalized spacial score (nSPS) is 19.6. The Bertz CT molecular complexity index is 1150. The van der Waals surface area contributed by atoms with Gasteiger partial charge in [0.25, 0.3) is 0 Å². The molecule has 172 valence electrons. The lowest BCUT2D eigenvalue weighted by Crippen LogP contribution is -2.48. The minimum atomic E-state index is 0.147. The van der Waals surface area contributed by atoms with E-state index in [0.717, 1.165) is 69.3 Å². The van der Waals surface area contributed by atoms with Gasteiger partial charge in [0.05, 0.1) is 17.9 Å². The van der Waals surface area contributed by atoms with Crippen molar-refractivity contribution < 1.29 is 9.47 Å². The molecule has 3 aromatic rings. The lowest BCUT2D eigenvalue weighted by Gasteiger charge is -2.38. The van der Waals surface area contributed by atoms with Crippen LogP contribution in [0, 0.1) is 0 Å². The molecule has 0 unspecified atom stereocenters. The van der Waals surface area contributed by atoms with E-state index < -0.39 is 0 Å². The maximum absolute atomic E-state index is 5.87. The second-order valence-corrected chi connectivity index (χ2v) is 9.78. The van der Waals surface area contributed by atoms with Gasteiger partial charge in [0, 0.05) is 74.7 Å². The van der Waals surface area contributed by atoms with Crippen molar-refractivity contribution in [3.05, 3.63) is 54.2 Å². The average molecular weight is 464 g/mol. The number of nitrogens with zero attached hydrogens (tertiary/aromatic N) is 5. The third-order valence-electron chi connectivity index (χ3n) is 6.92. The molecule has 0 atom stereocenters. The van der Waals surface area contributed by atoms with Gasteiger partial charge in [0.15, 0.2) is 0 Å². The highest BCUT2D eigenvalue weighted by molar-refractivity contribution is 7.13. The second kappa shape index (κ2) is 8.93. The van der Waals surface area contributed by atoms with E-state index in [1.54, 1.807) is 11.5 Å². The van der Waals surface area contributed by atoms with Crippen LogP contribution in [0.5, 0.6) is 5.88 Å². The summed E-state index contributed by atoms with van der Waals surface area (Å²) in [6.07, 6.45) is 3.07. The number of fused-ring (bicyclic) bond motifs is 2. The fraction of sp³-hybridized carbons (Fsp3) is 0.440. The Labute approximate surface area is 198 Å². The van der Waals surface area contributed by atoms with E-state index in [1.165, 1.54) is 15.6 Å². The summed E-state index contributed by atoms with van der Waals surface area (Å²) in [6, 6.07) is 10.6. The van der Waals surface area contributed by atoms with Gasteiger partial charge in [0.2, 0.25) is 5.88 Å². The number of pyridine rings is 1. The molecule has 0 radical (unpaired) electrons. The molecule has 0 N–H and O–H groups in total. The Kier molecular flexibility index (Phi) is 5.65. The number of rotatable bonds is 6. The molecule has 0 bridgehead atoms. The van der Waals surface area contributed by atoms with Gasteiger partial charge in [-0.2, -0.15) is 4.37 Å². The van der Waals surface area contributed by atoms with Crippen LogP contribution in [0.2, 0.25) is 0 Å². The fourth-order valence-corrected chi connectivity index (χ4v) is 5.61. The number of hydrogen-bond acceptors (Lipinski definition) is 8. The molecule has 0 amide bonds. The van der Waals surface area contributed by atoms with Crippen molar-refractivity contribution in [2.75, 3.05) is 63.9 Å². The van der Waals surface area contributed by atoms with Crippen LogP contribution in [-0.4, -0.2) is 84.3 Å². The van der Waals surface area contributed by atoms with Crippen LogP contribution < -0.4 is 9.64 Å². The van der Waals surface area contributed by atoms with Crippen LogP contribution in [0.3, 0.4) is 0 Å². The highest BCUT2D eigenvalue weighted by Crippen LogP contribution is 2.31. The zero-order valence-corrected chi connectivity index (χ0v) is 19.6. The molecule has 2 saturated heterocycles. The summed E-state index contributed by atoms with van der Waals surface area (Å²) in [5.41, 5.74) is 3.51. The maximum atomic E-state index is 5.87. The monoisotopic (exact) mass is 463 g/mol. The van der Waals surface area contributed by atoms with Crippen LogP contribution in [0.15, 0.2) is 43.1 Å². The molecule has 5 heterocycles. The zero-order valence-electron chi connectivity index (χ0n) is 18.8. The fourth-order valence-electron chi connectivity index (χ4n) is 4.81. The number of benzene rings is 1. The van der Waals surface area contributed by atoms with Gasteiger partial charge >= 0.3 is 0 Å². The van der Waals surface area contributed by atoms with Crippen molar-refractivity contribution in [2.45, 2.75) is 12.5 Å². The van der Waals surface area contributed by atoms with Gasteiger partial charge in [-0.25, -0.2) is 4.98 Å². The summed E-state index contributed by atoms with van der Waals surface area (Å²) in [5, 5.41) is 1.28. The summed E-state index contributed by atoms with van der Waals surface area (Å²) in [7, 11) is 0. The van der Waals surface area contributed by atoms with Crippen molar-refractivity contribution in [3.63, 3.8) is 0 Å². The Hall–Kier alpha value is -2.68. The van der Waals surface area contributed by atoms with Crippen molar-refractivity contribution in [2.24, 2.45) is 0 Å². The molecular formula is C25H29N5O2S. The van der Waals surface area contributed by atoms with Gasteiger partial charge in [-0.05, 0) is 35.6 Å². The predicted octanol–water partition coefficient (Wildman–Crippen LogP) is 3.12. The Balaban J connectivity index is 1.02. The van der Waals surface area contributed by atoms with Crippen LogP contribution in [-0.2, 0) is 11.2 Å². The minimum absolute atomic E-state index is 0.147. The number of aromatic nitrogens is 2. The SMILES string of the molecule is C=C1c2cnc(OC3COC3)cc2CCN1CCN1CCN(c2nsc3ccccc23)CC1. The Morgan fingerprint density at radius 3 is 2.76 bits per heavy atom. The molecule has 7 nitrogen and oxygen atoms in total. The predicted molar refractivity (Wildman–Crippen MR) is 132 cm³/mol. The van der Waals surface area contributed by atoms with E-state index in [1.807, 2.05) is 6.20 Å². The summed E-state index contributed by atoms with van der Waals surface area (Å²) in [4.78, 5) is 11.9. The summed E-state index contributed by atoms with van der Waals surface area (Å²) in [5.74, 6) is 1.85. The van der Waals surface area contributed by atoms with Crippen LogP contribution in [0.1, 0.15) is 11.1 Å². The smallest absolute Gasteiger partial charge is 0.213 e. The van der Waals surface area contributed by atoms with Crippen LogP contribution in [0.25, 0.3) is 15.8 Å². The Morgan fingerprint density at radius 1 is 1.09 bits per heavy atom. The van der Waals surface area contributed by atoms with Gasteiger partial charge < -0.3 is 19.3 Å². The van der Waals surface area contributed by atoms with Gasteiger partial charge in [-0.15, -0.1) is 0 Å². The lowest BCUT2D eigenvalue weighted by atomic mass is 9.99.